The van der Waals surface area contributed by atoms with Crippen LogP contribution in [0.15, 0.2) is 11.1 Å². The minimum atomic E-state index is -0.913. The molecule has 0 radical (unpaired) electrons. The number of ether oxygens (including phenoxy) is 1. The number of hydrogen-bond acceptors (Lipinski definition) is 2. The van der Waals surface area contributed by atoms with Crippen LogP contribution in [0.3, 0.4) is 0 Å². The predicted octanol–water partition coefficient (Wildman–Crippen LogP) is 2.98. The summed E-state index contributed by atoms with van der Waals surface area (Å²) in [7, 11) is 0. The summed E-state index contributed by atoms with van der Waals surface area (Å²) >= 11 is 6.74. The molecule has 1 aliphatic rings. The third kappa shape index (κ3) is 2.60. The summed E-state index contributed by atoms with van der Waals surface area (Å²) in [6.45, 7) is 5.82. The minimum Gasteiger partial charge on any atom is -0.383 e. The van der Waals surface area contributed by atoms with Gasteiger partial charge in [0.15, 0.2) is 0 Å². The van der Waals surface area contributed by atoms with Gasteiger partial charge in [-0.1, -0.05) is 31.9 Å². The van der Waals surface area contributed by atoms with Crippen LogP contribution in [0.5, 0.6) is 0 Å². The number of alkyl halides is 1. The van der Waals surface area contributed by atoms with E-state index in [9.17, 15) is 5.11 Å². The number of halogens is 2. The maximum absolute atomic E-state index is 10.1. The van der Waals surface area contributed by atoms with Gasteiger partial charge in [0.25, 0.3) is 0 Å². The van der Waals surface area contributed by atoms with Crippen molar-refractivity contribution in [2.24, 2.45) is 0 Å². The predicted molar refractivity (Wildman–Crippen MR) is 65.0 cm³/mol. The lowest BCUT2D eigenvalue weighted by Gasteiger charge is -2.28. The first kappa shape index (κ1) is 12.7. The molecule has 0 amide bonds. The van der Waals surface area contributed by atoms with Crippen molar-refractivity contribution in [1.82, 2.24) is 0 Å². The smallest absolute Gasteiger partial charge is 0.107 e. The Hall–Kier alpha value is 0.620. The molecule has 2 nitrogen and oxygen atoms in total. The van der Waals surface area contributed by atoms with Gasteiger partial charge in [-0.05, 0) is 38.3 Å². The summed E-state index contributed by atoms with van der Waals surface area (Å²) in [6, 6.07) is 0. The Kier molecular flexibility index (Phi) is 3.84. The molecular weight excluding hydrogens is 312 g/mol. The largest absolute Gasteiger partial charge is 0.383 e. The van der Waals surface area contributed by atoms with Gasteiger partial charge in [0.1, 0.15) is 5.60 Å². The highest BCUT2D eigenvalue weighted by Gasteiger charge is 2.46. The van der Waals surface area contributed by atoms with Crippen LogP contribution in [-0.4, -0.2) is 27.2 Å². The number of hydrogen-bond donors (Lipinski definition) is 1. The summed E-state index contributed by atoms with van der Waals surface area (Å²) in [5.41, 5.74) is -1.13. The first-order chi connectivity index (χ1) is 6.29. The highest BCUT2D eigenvalue weighted by Crippen LogP contribution is 2.39. The van der Waals surface area contributed by atoms with Crippen molar-refractivity contribution >= 4 is 31.9 Å². The molecule has 14 heavy (non-hydrogen) atoms. The van der Waals surface area contributed by atoms with E-state index in [1.54, 1.807) is 18.0 Å². The van der Waals surface area contributed by atoms with E-state index < -0.39 is 5.60 Å². The average molecular weight is 328 g/mol. The fourth-order valence-electron chi connectivity index (χ4n) is 1.55. The van der Waals surface area contributed by atoms with Gasteiger partial charge >= 0.3 is 0 Å². The first-order valence-corrected chi connectivity index (χ1v) is 6.45. The van der Waals surface area contributed by atoms with Crippen molar-refractivity contribution < 1.29 is 9.84 Å². The van der Waals surface area contributed by atoms with Crippen LogP contribution in [-0.2, 0) is 4.74 Å². The van der Waals surface area contributed by atoms with Gasteiger partial charge in [0.2, 0.25) is 0 Å². The van der Waals surface area contributed by atoms with Gasteiger partial charge in [0, 0.05) is 4.83 Å². The Bertz CT molecular complexity index is 236. The molecule has 0 bridgehead atoms. The van der Waals surface area contributed by atoms with Crippen LogP contribution in [0.25, 0.3) is 0 Å². The molecule has 0 spiro atoms. The SMILES string of the molecule is CC1(C)O[C@@H]([C@](C)(O)/C=C/Br)C[C@@H]1Br. The van der Waals surface area contributed by atoms with Crippen molar-refractivity contribution in [1.29, 1.82) is 0 Å². The normalized spacial score (nSPS) is 36.1. The first-order valence-electron chi connectivity index (χ1n) is 4.62. The molecule has 1 rings (SSSR count). The second-order valence-electron chi connectivity index (χ2n) is 4.43. The lowest BCUT2D eigenvalue weighted by molar-refractivity contribution is -0.0951. The van der Waals surface area contributed by atoms with E-state index in [1.165, 1.54) is 0 Å². The fourth-order valence-corrected chi connectivity index (χ4v) is 2.54. The van der Waals surface area contributed by atoms with Crippen molar-refractivity contribution in [3.8, 4) is 0 Å². The topological polar surface area (TPSA) is 29.5 Å². The van der Waals surface area contributed by atoms with E-state index >= 15 is 0 Å². The Balaban J connectivity index is 2.75. The Morgan fingerprint density at radius 2 is 2.14 bits per heavy atom. The zero-order valence-electron chi connectivity index (χ0n) is 8.63. The second kappa shape index (κ2) is 4.24. The average Bonchev–Trinajstić information content (AvgIpc) is 2.27. The summed E-state index contributed by atoms with van der Waals surface area (Å²) in [4.78, 5) is 1.96. The van der Waals surface area contributed by atoms with Crippen molar-refractivity contribution in [3.05, 3.63) is 11.1 Å². The monoisotopic (exact) mass is 326 g/mol. The van der Waals surface area contributed by atoms with Crippen molar-refractivity contribution in [2.75, 3.05) is 0 Å². The van der Waals surface area contributed by atoms with Crippen LogP contribution in [0.2, 0.25) is 0 Å². The zero-order chi connectivity index (χ0) is 11.0. The molecule has 0 aromatic rings. The standard InChI is InChI=1S/C10H16Br2O2/c1-9(2)7(12)6-8(14-9)10(3,13)4-5-11/h4-5,7-8,13H,6H2,1-3H3/b5-4+/t7-,8+,10+/m0/s1. The Morgan fingerprint density at radius 1 is 1.57 bits per heavy atom. The maximum atomic E-state index is 10.1. The summed E-state index contributed by atoms with van der Waals surface area (Å²) in [5.74, 6) is 0. The second-order valence-corrected chi connectivity index (χ2v) is 6.07. The molecule has 0 aliphatic carbocycles. The van der Waals surface area contributed by atoms with Crippen LogP contribution in [0, 0.1) is 0 Å². The molecule has 0 unspecified atom stereocenters. The van der Waals surface area contributed by atoms with E-state index in [2.05, 4.69) is 31.9 Å². The van der Waals surface area contributed by atoms with Gasteiger partial charge in [-0.25, -0.2) is 0 Å². The summed E-state index contributed by atoms with van der Waals surface area (Å²) in [6.07, 6.45) is 2.37. The molecule has 82 valence electrons. The van der Waals surface area contributed by atoms with E-state index in [1.807, 2.05) is 13.8 Å². The third-order valence-corrected chi connectivity index (χ3v) is 4.41. The Morgan fingerprint density at radius 3 is 2.50 bits per heavy atom. The highest BCUT2D eigenvalue weighted by atomic mass is 79.9. The van der Waals surface area contributed by atoms with Crippen LogP contribution < -0.4 is 0 Å². The molecule has 1 aliphatic heterocycles. The minimum absolute atomic E-state index is 0.157. The third-order valence-electron chi connectivity index (χ3n) is 2.67. The molecular formula is C10H16Br2O2. The van der Waals surface area contributed by atoms with Gasteiger partial charge < -0.3 is 9.84 Å². The Labute approximate surface area is 102 Å². The molecule has 3 atom stereocenters. The number of aliphatic hydroxyl groups is 1. The van der Waals surface area contributed by atoms with Crippen LogP contribution in [0.1, 0.15) is 27.2 Å². The van der Waals surface area contributed by atoms with Crippen LogP contribution in [0.4, 0.5) is 0 Å². The number of rotatable bonds is 2. The maximum Gasteiger partial charge on any atom is 0.107 e. The summed E-state index contributed by atoms with van der Waals surface area (Å²) in [5, 5.41) is 10.1. The molecule has 1 N–H and O–H groups in total. The molecule has 1 saturated heterocycles. The van der Waals surface area contributed by atoms with Gasteiger partial charge in [0.05, 0.1) is 11.7 Å². The van der Waals surface area contributed by atoms with Crippen molar-refractivity contribution in [3.63, 3.8) is 0 Å². The summed E-state index contributed by atoms with van der Waals surface area (Å²) < 4.78 is 5.81. The molecule has 0 saturated carbocycles. The lowest BCUT2D eigenvalue weighted by Crippen LogP contribution is -2.38. The fraction of sp³-hybridized carbons (Fsp3) is 0.800. The van der Waals surface area contributed by atoms with E-state index in [0.29, 0.717) is 0 Å². The zero-order valence-corrected chi connectivity index (χ0v) is 11.8. The molecule has 1 fully saturated rings. The lowest BCUT2D eigenvalue weighted by atomic mass is 9.96. The molecule has 0 aromatic heterocycles. The highest BCUT2D eigenvalue weighted by molar-refractivity contribution is 9.11. The molecule has 1 heterocycles. The van der Waals surface area contributed by atoms with Crippen LogP contribution >= 0.6 is 31.9 Å². The van der Waals surface area contributed by atoms with Gasteiger partial charge in [-0.2, -0.15) is 0 Å². The quantitative estimate of drug-likeness (QED) is 0.790. The van der Waals surface area contributed by atoms with Gasteiger partial charge in [-0.3, -0.25) is 0 Å². The van der Waals surface area contributed by atoms with E-state index in [0.717, 1.165) is 6.42 Å². The molecule has 4 heteroatoms. The van der Waals surface area contributed by atoms with E-state index in [-0.39, 0.29) is 16.5 Å². The van der Waals surface area contributed by atoms with Gasteiger partial charge in [-0.15, -0.1) is 0 Å². The van der Waals surface area contributed by atoms with Crippen molar-refractivity contribution in [2.45, 2.75) is 49.3 Å². The molecule has 0 aromatic carbocycles. The van der Waals surface area contributed by atoms with E-state index in [4.69, 9.17) is 4.74 Å².